The fraction of sp³-hybridized carbons (Fsp3) is 1.00. The molecule has 1 saturated carbocycles. The molecule has 2 heteroatoms. The maximum atomic E-state index is 5.99. The van der Waals surface area contributed by atoms with Gasteiger partial charge in [-0.2, -0.15) is 0 Å². The SMILES string of the molecule is CCC(C)OC1CCCCCC1Br. The fourth-order valence-electron chi connectivity index (χ4n) is 1.78. The van der Waals surface area contributed by atoms with E-state index >= 15 is 0 Å². The van der Waals surface area contributed by atoms with E-state index in [-0.39, 0.29) is 0 Å². The summed E-state index contributed by atoms with van der Waals surface area (Å²) < 4.78 is 5.99. The van der Waals surface area contributed by atoms with Crippen LogP contribution < -0.4 is 0 Å². The summed E-state index contributed by atoms with van der Waals surface area (Å²) in [4.78, 5) is 0.587. The lowest BCUT2D eigenvalue weighted by atomic mass is 10.1. The molecule has 1 aliphatic carbocycles. The largest absolute Gasteiger partial charge is 0.374 e. The van der Waals surface area contributed by atoms with Crippen LogP contribution in [0.15, 0.2) is 0 Å². The smallest absolute Gasteiger partial charge is 0.0703 e. The lowest BCUT2D eigenvalue weighted by Crippen LogP contribution is -2.27. The lowest BCUT2D eigenvalue weighted by Gasteiger charge is -2.24. The van der Waals surface area contributed by atoms with Gasteiger partial charge in [-0.05, 0) is 26.2 Å². The molecule has 78 valence electrons. The third kappa shape index (κ3) is 3.99. The van der Waals surface area contributed by atoms with E-state index in [1.54, 1.807) is 0 Å². The highest BCUT2D eigenvalue weighted by molar-refractivity contribution is 9.09. The fourth-order valence-corrected chi connectivity index (χ4v) is 2.49. The highest BCUT2D eigenvalue weighted by Gasteiger charge is 2.23. The molecule has 1 fully saturated rings. The minimum absolute atomic E-state index is 0.420. The second-order valence-corrected chi connectivity index (χ2v) is 5.22. The van der Waals surface area contributed by atoms with Crippen molar-refractivity contribution in [1.29, 1.82) is 0 Å². The highest BCUT2D eigenvalue weighted by Crippen LogP contribution is 2.27. The van der Waals surface area contributed by atoms with Crippen molar-refractivity contribution in [3.05, 3.63) is 0 Å². The molecular weight excluding hydrogens is 228 g/mol. The van der Waals surface area contributed by atoms with Crippen LogP contribution in [0.4, 0.5) is 0 Å². The second-order valence-electron chi connectivity index (χ2n) is 4.05. The van der Waals surface area contributed by atoms with Crippen molar-refractivity contribution in [3.8, 4) is 0 Å². The zero-order chi connectivity index (χ0) is 9.68. The normalized spacial score (nSPS) is 32.5. The summed E-state index contributed by atoms with van der Waals surface area (Å²) in [5, 5.41) is 0. The molecular formula is C11H21BrO. The van der Waals surface area contributed by atoms with Crippen molar-refractivity contribution in [1.82, 2.24) is 0 Å². The van der Waals surface area contributed by atoms with Crippen LogP contribution >= 0.6 is 15.9 Å². The number of rotatable bonds is 3. The van der Waals surface area contributed by atoms with E-state index in [9.17, 15) is 0 Å². The van der Waals surface area contributed by atoms with Gasteiger partial charge in [-0.15, -0.1) is 0 Å². The Morgan fingerprint density at radius 1 is 1.31 bits per heavy atom. The minimum Gasteiger partial charge on any atom is -0.374 e. The van der Waals surface area contributed by atoms with Crippen molar-refractivity contribution < 1.29 is 4.74 Å². The van der Waals surface area contributed by atoms with Gasteiger partial charge in [0.1, 0.15) is 0 Å². The molecule has 0 heterocycles. The molecule has 0 aliphatic heterocycles. The van der Waals surface area contributed by atoms with Crippen LogP contribution in [0.25, 0.3) is 0 Å². The minimum atomic E-state index is 0.420. The summed E-state index contributed by atoms with van der Waals surface area (Å²) in [6.07, 6.45) is 8.58. The first-order valence-electron chi connectivity index (χ1n) is 5.53. The molecule has 0 aromatic carbocycles. The number of ether oxygens (including phenoxy) is 1. The van der Waals surface area contributed by atoms with E-state index in [0.717, 1.165) is 6.42 Å². The summed E-state index contributed by atoms with van der Waals surface area (Å²) >= 11 is 3.74. The molecule has 0 amide bonds. The molecule has 0 spiro atoms. The Kier molecular flexibility index (Phi) is 5.34. The Morgan fingerprint density at radius 2 is 2.00 bits per heavy atom. The van der Waals surface area contributed by atoms with Gasteiger partial charge in [0, 0.05) is 4.83 Å². The standard InChI is InChI=1S/C11H21BrO/c1-3-9(2)13-11-8-6-4-5-7-10(11)12/h9-11H,3-8H2,1-2H3. The maximum Gasteiger partial charge on any atom is 0.0703 e. The van der Waals surface area contributed by atoms with Crippen molar-refractivity contribution in [2.24, 2.45) is 0 Å². The summed E-state index contributed by atoms with van der Waals surface area (Å²) in [5.74, 6) is 0. The summed E-state index contributed by atoms with van der Waals surface area (Å²) in [5.41, 5.74) is 0. The molecule has 0 bridgehead atoms. The molecule has 1 rings (SSSR count). The molecule has 3 atom stereocenters. The summed E-state index contributed by atoms with van der Waals surface area (Å²) in [6, 6.07) is 0. The summed E-state index contributed by atoms with van der Waals surface area (Å²) in [6.45, 7) is 4.36. The Bertz CT molecular complexity index is 138. The molecule has 1 aliphatic rings. The van der Waals surface area contributed by atoms with Crippen LogP contribution in [-0.2, 0) is 4.74 Å². The van der Waals surface area contributed by atoms with Gasteiger partial charge in [-0.3, -0.25) is 0 Å². The zero-order valence-corrected chi connectivity index (χ0v) is 10.3. The van der Waals surface area contributed by atoms with Crippen LogP contribution in [0, 0.1) is 0 Å². The Balaban J connectivity index is 2.35. The average molecular weight is 249 g/mol. The third-order valence-electron chi connectivity index (χ3n) is 2.85. The van der Waals surface area contributed by atoms with Gasteiger partial charge in [0.2, 0.25) is 0 Å². The van der Waals surface area contributed by atoms with Gasteiger partial charge >= 0.3 is 0 Å². The Morgan fingerprint density at radius 3 is 2.69 bits per heavy atom. The van der Waals surface area contributed by atoms with Crippen molar-refractivity contribution in [2.45, 2.75) is 69.4 Å². The Labute approximate surface area is 90.4 Å². The monoisotopic (exact) mass is 248 g/mol. The van der Waals surface area contributed by atoms with Gasteiger partial charge < -0.3 is 4.74 Å². The summed E-state index contributed by atoms with van der Waals surface area (Å²) in [7, 11) is 0. The van der Waals surface area contributed by atoms with Crippen molar-refractivity contribution in [2.75, 3.05) is 0 Å². The quantitative estimate of drug-likeness (QED) is 0.544. The van der Waals surface area contributed by atoms with Gasteiger partial charge in [-0.25, -0.2) is 0 Å². The van der Waals surface area contributed by atoms with Crippen LogP contribution in [-0.4, -0.2) is 17.0 Å². The van der Waals surface area contributed by atoms with Gasteiger partial charge in [0.25, 0.3) is 0 Å². The van der Waals surface area contributed by atoms with Crippen LogP contribution in [0.3, 0.4) is 0 Å². The van der Waals surface area contributed by atoms with Crippen molar-refractivity contribution in [3.63, 3.8) is 0 Å². The molecule has 3 unspecified atom stereocenters. The Hall–Kier alpha value is 0.440. The van der Waals surface area contributed by atoms with Gasteiger partial charge in [0.05, 0.1) is 12.2 Å². The zero-order valence-electron chi connectivity index (χ0n) is 8.76. The molecule has 0 saturated heterocycles. The topological polar surface area (TPSA) is 9.23 Å². The van der Waals surface area contributed by atoms with E-state index in [1.807, 2.05) is 0 Å². The molecule has 1 nitrogen and oxygen atoms in total. The van der Waals surface area contributed by atoms with Gasteiger partial charge in [0.15, 0.2) is 0 Å². The molecule has 0 aromatic heterocycles. The number of alkyl halides is 1. The van der Waals surface area contributed by atoms with E-state index in [4.69, 9.17) is 4.74 Å². The number of hydrogen-bond donors (Lipinski definition) is 0. The first-order chi connectivity index (χ1) is 6.24. The molecule has 0 N–H and O–H groups in total. The first-order valence-corrected chi connectivity index (χ1v) is 6.45. The van der Waals surface area contributed by atoms with E-state index < -0.39 is 0 Å². The highest BCUT2D eigenvalue weighted by atomic mass is 79.9. The predicted octanol–water partition coefficient (Wildman–Crippen LogP) is 3.90. The van der Waals surface area contributed by atoms with Crippen LogP contribution in [0.5, 0.6) is 0 Å². The van der Waals surface area contributed by atoms with Gasteiger partial charge in [-0.1, -0.05) is 42.1 Å². The number of hydrogen-bond acceptors (Lipinski definition) is 1. The predicted molar refractivity (Wildman–Crippen MR) is 60.4 cm³/mol. The number of halogens is 1. The molecule has 13 heavy (non-hydrogen) atoms. The van der Waals surface area contributed by atoms with E-state index in [1.165, 1.54) is 32.1 Å². The van der Waals surface area contributed by atoms with Crippen molar-refractivity contribution >= 4 is 15.9 Å². The average Bonchev–Trinajstić information content (AvgIpc) is 2.32. The maximum absolute atomic E-state index is 5.99. The van der Waals surface area contributed by atoms with Crippen LogP contribution in [0.2, 0.25) is 0 Å². The van der Waals surface area contributed by atoms with E-state index in [2.05, 4.69) is 29.8 Å². The van der Waals surface area contributed by atoms with Crippen LogP contribution in [0.1, 0.15) is 52.4 Å². The third-order valence-corrected chi connectivity index (χ3v) is 3.90. The van der Waals surface area contributed by atoms with E-state index in [0.29, 0.717) is 17.0 Å². The molecule has 0 aromatic rings. The first kappa shape index (κ1) is 11.5. The molecule has 0 radical (unpaired) electrons. The second kappa shape index (κ2) is 6.02. The lowest BCUT2D eigenvalue weighted by molar-refractivity contribution is -0.00679.